The minimum Gasteiger partial charge on any atom is -0.475 e. The minimum atomic E-state index is -1.28. The van der Waals surface area contributed by atoms with Gasteiger partial charge < -0.3 is 5.11 Å². The number of hydrogen-bond donors (Lipinski definition) is 1. The summed E-state index contributed by atoms with van der Waals surface area (Å²) in [6.07, 6.45) is 0. The van der Waals surface area contributed by atoms with Crippen LogP contribution in [-0.4, -0.2) is 31.3 Å². The van der Waals surface area contributed by atoms with Crippen molar-refractivity contribution < 1.29 is 14.3 Å². The molecule has 16 heavy (non-hydrogen) atoms. The maximum atomic E-state index is 13.2. The molecule has 0 amide bonds. The van der Waals surface area contributed by atoms with Crippen LogP contribution in [0.15, 0.2) is 18.2 Å². The van der Waals surface area contributed by atoms with Crippen LogP contribution in [0, 0.1) is 12.7 Å². The van der Waals surface area contributed by atoms with Gasteiger partial charge in [0.2, 0.25) is 0 Å². The van der Waals surface area contributed by atoms with Gasteiger partial charge in [0.25, 0.3) is 5.82 Å². The number of aromatic carboxylic acids is 1. The molecule has 82 valence electrons. The number of carboxylic acid groups (broad SMARTS) is 1. The highest BCUT2D eigenvalue weighted by atomic mass is 19.1. The first-order valence-electron chi connectivity index (χ1n) is 4.38. The van der Waals surface area contributed by atoms with Crippen LogP contribution < -0.4 is 0 Å². The van der Waals surface area contributed by atoms with Crippen molar-refractivity contribution >= 4 is 5.97 Å². The molecule has 0 saturated carbocycles. The Kier molecular flexibility index (Phi) is 2.35. The van der Waals surface area contributed by atoms with E-state index in [1.54, 1.807) is 13.0 Å². The average molecular weight is 222 g/mol. The van der Waals surface area contributed by atoms with Crippen molar-refractivity contribution in [1.82, 2.24) is 20.2 Å². The topological polar surface area (TPSA) is 80.9 Å². The van der Waals surface area contributed by atoms with E-state index in [1.165, 1.54) is 12.1 Å². The van der Waals surface area contributed by atoms with Crippen molar-refractivity contribution in [3.8, 4) is 5.69 Å². The van der Waals surface area contributed by atoms with E-state index >= 15 is 0 Å². The predicted octanol–water partition coefficient (Wildman–Crippen LogP) is 0.808. The normalized spacial score (nSPS) is 10.4. The highest BCUT2D eigenvalue weighted by Gasteiger charge is 2.13. The second-order valence-electron chi connectivity index (χ2n) is 3.09. The number of nitrogens with zero attached hydrogens (tertiary/aromatic N) is 4. The zero-order valence-corrected chi connectivity index (χ0v) is 8.25. The van der Waals surface area contributed by atoms with Gasteiger partial charge in [-0.1, -0.05) is 6.07 Å². The molecule has 0 saturated heterocycles. The molecule has 2 rings (SSSR count). The number of rotatable bonds is 2. The standard InChI is InChI=1S/C9H7FN4O2/c1-5-6(10)3-2-4-7(5)14-12-8(9(15)16)11-13-14/h2-4H,1H3,(H,15,16). The van der Waals surface area contributed by atoms with Gasteiger partial charge in [-0.15, -0.1) is 15.0 Å². The highest BCUT2D eigenvalue weighted by Crippen LogP contribution is 2.14. The van der Waals surface area contributed by atoms with Crippen LogP contribution in [0.4, 0.5) is 4.39 Å². The number of benzene rings is 1. The Balaban J connectivity index is 2.50. The van der Waals surface area contributed by atoms with Crippen LogP contribution in [0.3, 0.4) is 0 Å². The second kappa shape index (κ2) is 3.69. The number of aromatic nitrogens is 4. The molecule has 6 nitrogen and oxygen atoms in total. The number of hydrogen-bond acceptors (Lipinski definition) is 4. The van der Waals surface area contributed by atoms with E-state index in [4.69, 9.17) is 5.11 Å². The molecule has 1 N–H and O–H groups in total. The van der Waals surface area contributed by atoms with Crippen LogP contribution in [0.5, 0.6) is 0 Å². The van der Waals surface area contributed by atoms with E-state index in [0.717, 1.165) is 4.80 Å². The summed E-state index contributed by atoms with van der Waals surface area (Å²) in [5.41, 5.74) is 0.692. The summed E-state index contributed by atoms with van der Waals surface area (Å²) < 4.78 is 13.2. The largest absolute Gasteiger partial charge is 0.475 e. The molecule has 0 fully saturated rings. The van der Waals surface area contributed by atoms with Gasteiger partial charge in [0.1, 0.15) is 5.82 Å². The Hall–Kier alpha value is -2.31. The van der Waals surface area contributed by atoms with E-state index in [2.05, 4.69) is 15.4 Å². The number of tetrazole rings is 1. The Labute approximate surface area is 89.3 Å². The third-order valence-electron chi connectivity index (χ3n) is 2.06. The quantitative estimate of drug-likeness (QED) is 0.813. The average Bonchev–Trinajstić information content (AvgIpc) is 2.71. The summed E-state index contributed by atoms with van der Waals surface area (Å²) in [4.78, 5) is 11.5. The molecule has 0 radical (unpaired) electrons. The molecule has 0 unspecified atom stereocenters. The van der Waals surface area contributed by atoms with Gasteiger partial charge in [-0.05, 0) is 24.3 Å². The second-order valence-corrected chi connectivity index (χ2v) is 3.09. The molecule has 1 aromatic carbocycles. The van der Waals surface area contributed by atoms with Crippen LogP contribution in [0.2, 0.25) is 0 Å². The van der Waals surface area contributed by atoms with Gasteiger partial charge in [-0.3, -0.25) is 0 Å². The van der Waals surface area contributed by atoms with Gasteiger partial charge in [-0.25, -0.2) is 9.18 Å². The maximum Gasteiger partial charge on any atom is 0.377 e. The first-order valence-corrected chi connectivity index (χ1v) is 4.38. The van der Waals surface area contributed by atoms with Crippen molar-refractivity contribution in [2.45, 2.75) is 6.92 Å². The summed E-state index contributed by atoms with van der Waals surface area (Å²) in [5.74, 6) is -2.12. The molecule has 0 aliphatic carbocycles. The van der Waals surface area contributed by atoms with Gasteiger partial charge >= 0.3 is 5.97 Å². The zero-order valence-electron chi connectivity index (χ0n) is 8.25. The molecule has 0 atom stereocenters. The number of halogens is 1. The number of carbonyl (C=O) groups is 1. The lowest BCUT2D eigenvalue weighted by Crippen LogP contribution is -2.04. The summed E-state index contributed by atoms with van der Waals surface area (Å²) in [6, 6.07) is 4.36. The Bertz CT molecular complexity index is 552. The molecule has 7 heteroatoms. The lowest BCUT2D eigenvalue weighted by atomic mass is 10.2. The lowest BCUT2D eigenvalue weighted by Gasteiger charge is -2.02. The van der Waals surface area contributed by atoms with E-state index < -0.39 is 17.6 Å². The third kappa shape index (κ3) is 1.62. The molecular formula is C9H7FN4O2. The third-order valence-corrected chi connectivity index (χ3v) is 2.06. The minimum absolute atomic E-state index is 0.330. The van der Waals surface area contributed by atoms with Crippen molar-refractivity contribution in [3.63, 3.8) is 0 Å². The van der Waals surface area contributed by atoms with Crippen molar-refractivity contribution in [2.24, 2.45) is 0 Å². The maximum absolute atomic E-state index is 13.2. The molecule has 0 aliphatic rings. The van der Waals surface area contributed by atoms with Crippen LogP contribution >= 0.6 is 0 Å². The van der Waals surface area contributed by atoms with Crippen molar-refractivity contribution in [3.05, 3.63) is 35.4 Å². The van der Waals surface area contributed by atoms with E-state index in [9.17, 15) is 9.18 Å². The van der Waals surface area contributed by atoms with Gasteiger partial charge in [0.15, 0.2) is 0 Å². The summed E-state index contributed by atoms with van der Waals surface area (Å²) in [7, 11) is 0. The van der Waals surface area contributed by atoms with Crippen LogP contribution in [-0.2, 0) is 0 Å². The molecule has 0 aliphatic heterocycles. The highest BCUT2D eigenvalue weighted by molar-refractivity contribution is 5.82. The fourth-order valence-corrected chi connectivity index (χ4v) is 1.21. The van der Waals surface area contributed by atoms with Crippen molar-refractivity contribution in [1.29, 1.82) is 0 Å². The molecule has 1 aromatic heterocycles. The van der Waals surface area contributed by atoms with E-state index in [0.29, 0.717) is 11.3 Å². The summed E-state index contributed by atoms with van der Waals surface area (Å²) >= 11 is 0. The number of carboxylic acids is 1. The lowest BCUT2D eigenvalue weighted by molar-refractivity contribution is 0.0683. The first-order chi connectivity index (χ1) is 7.59. The Morgan fingerprint density at radius 3 is 2.88 bits per heavy atom. The molecule has 1 heterocycles. The molecular weight excluding hydrogens is 215 g/mol. The van der Waals surface area contributed by atoms with Gasteiger partial charge in [-0.2, -0.15) is 0 Å². The Morgan fingerprint density at radius 1 is 1.50 bits per heavy atom. The van der Waals surface area contributed by atoms with Gasteiger partial charge in [0, 0.05) is 5.56 Å². The van der Waals surface area contributed by atoms with E-state index in [-0.39, 0.29) is 0 Å². The first kappa shape index (κ1) is 10.2. The molecule has 2 aromatic rings. The van der Waals surface area contributed by atoms with Crippen LogP contribution in [0.1, 0.15) is 16.2 Å². The van der Waals surface area contributed by atoms with E-state index in [1.807, 2.05) is 0 Å². The van der Waals surface area contributed by atoms with Gasteiger partial charge in [0.05, 0.1) is 5.69 Å². The fraction of sp³-hybridized carbons (Fsp3) is 0.111. The fourth-order valence-electron chi connectivity index (χ4n) is 1.21. The molecule has 0 bridgehead atoms. The zero-order chi connectivity index (χ0) is 11.7. The van der Waals surface area contributed by atoms with Crippen molar-refractivity contribution in [2.75, 3.05) is 0 Å². The molecule has 0 spiro atoms. The predicted molar refractivity (Wildman–Crippen MR) is 50.8 cm³/mol. The SMILES string of the molecule is Cc1c(F)cccc1-n1nnc(C(=O)O)n1. The summed E-state index contributed by atoms with van der Waals surface area (Å²) in [5, 5.41) is 19.1. The summed E-state index contributed by atoms with van der Waals surface area (Å²) in [6.45, 7) is 1.55. The smallest absolute Gasteiger partial charge is 0.377 e. The Morgan fingerprint density at radius 2 is 2.25 bits per heavy atom. The monoisotopic (exact) mass is 222 g/mol. The van der Waals surface area contributed by atoms with Crippen LogP contribution in [0.25, 0.3) is 5.69 Å².